The molecule has 0 atom stereocenters. The molecule has 9 aromatic carbocycles. The Morgan fingerprint density at radius 3 is 0.903 bits per heavy atom. The number of benzene rings is 9. The molecule has 0 aliphatic heterocycles. The summed E-state index contributed by atoms with van der Waals surface area (Å²) in [6.07, 6.45) is 2.05. The highest BCUT2D eigenvalue weighted by Crippen LogP contribution is 2.48. The van der Waals surface area contributed by atoms with E-state index < -0.39 is 0 Å². The van der Waals surface area contributed by atoms with E-state index >= 15 is 0 Å². The van der Waals surface area contributed by atoms with E-state index in [0.29, 0.717) is 0 Å². The summed E-state index contributed by atoms with van der Waals surface area (Å²) >= 11 is 0. The van der Waals surface area contributed by atoms with Crippen LogP contribution in [0.5, 0.6) is 0 Å². The van der Waals surface area contributed by atoms with E-state index in [9.17, 15) is 0 Å². The quantitative estimate of drug-likeness (QED) is 0.127. The maximum Gasteiger partial charge on any atom is 0.0468 e. The minimum absolute atomic E-state index is 0.212. The maximum absolute atomic E-state index is 2.42. The second kappa shape index (κ2) is 16.9. The summed E-state index contributed by atoms with van der Waals surface area (Å²) in [4.78, 5) is 4.80. The van der Waals surface area contributed by atoms with Gasteiger partial charge in [-0.15, -0.1) is 0 Å². The van der Waals surface area contributed by atoms with Crippen molar-refractivity contribution < 1.29 is 0 Å². The fourth-order valence-electron chi connectivity index (χ4n) is 9.11. The first-order valence-electron chi connectivity index (χ1n) is 22.0. The summed E-state index contributed by atoms with van der Waals surface area (Å²) in [5, 5.41) is 4.87. The molecule has 0 radical (unpaired) electrons. The number of para-hydroxylation sites is 2. The van der Waals surface area contributed by atoms with Gasteiger partial charge >= 0.3 is 0 Å². The van der Waals surface area contributed by atoms with Crippen LogP contribution in [0.2, 0.25) is 0 Å². The summed E-state index contributed by atoms with van der Waals surface area (Å²) in [7, 11) is 0. The third kappa shape index (κ3) is 8.65. The van der Waals surface area contributed by atoms with E-state index in [1.54, 1.807) is 0 Å². The van der Waals surface area contributed by atoms with E-state index in [2.05, 4.69) is 258 Å². The standard InChI is InChI=1S/C60H56N2/c1-59(2,3)41-43-27-31-49(32-28-43)61(47-23-15-9-16-24-47)51-35-37-53-55(39-51)57(45-19-11-7-12-20-45)54-38-36-52(40-56(54)58(53)46-21-13-8-14-22-46)62(48-25-17-10-18-26-48)50-33-29-44(30-34-50)42-60(4,5)6/h7-40H,41-42H2,1-6H3. The fourth-order valence-corrected chi connectivity index (χ4v) is 9.11. The van der Waals surface area contributed by atoms with Crippen molar-refractivity contribution in [3.63, 3.8) is 0 Å². The zero-order valence-electron chi connectivity index (χ0n) is 36.9. The van der Waals surface area contributed by atoms with Crippen molar-refractivity contribution in [2.75, 3.05) is 9.80 Å². The first-order chi connectivity index (χ1) is 30.0. The average molecular weight is 805 g/mol. The van der Waals surface area contributed by atoms with Crippen molar-refractivity contribution in [1.29, 1.82) is 0 Å². The van der Waals surface area contributed by atoms with Gasteiger partial charge in [-0.3, -0.25) is 0 Å². The molecule has 0 amide bonds. The minimum Gasteiger partial charge on any atom is -0.310 e. The van der Waals surface area contributed by atoms with Gasteiger partial charge in [-0.05, 0) is 151 Å². The lowest BCUT2D eigenvalue weighted by atomic mass is 9.85. The monoisotopic (exact) mass is 804 g/mol. The summed E-state index contributed by atoms with van der Waals surface area (Å²) in [6.45, 7) is 13.8. The molecule has 9 rings (SSSR count). The Kier molecular flexibility index (Phi) is 11.0. The molecule has 0 saturated carbocycles. The lowest BCUT2D eigenvalue weighted by molar-refractivity contribution is 0.411. The molecule has 0 bridgehead atoms. The first kappa shape index (κ1) is 40.5. The van der Waals surface area contributed by atoms with Crippen LogP contribution in [0.25, 0.3) is 43.8 Å². The van der Waals surface area contributed by atoms with Gasteiger partial charge in [0.05, 0.1) is 0 Å². The first-order valence-corrected chi connectivity index (χ1v) is 22.0. The predicted molar refractivity (Wildman–Crippen MR) is 268 cm³/mol. The highest BCUT2D eigenvalue weighted by Gasteiger charge is 2.23. The Morgan fingerprint density at radius 2 is 0.581 bits per heavy atom. The zero-order chi connectivity index (χ0) is 42.8. The van der Waals surface area contributed by atoms with E-state index in [1.807, 2.05) is 0 Å². The number of nitrogens with zero attached hydrogens (tertiary/aromatic N) is 2. The third-order valence-corrected chi connectivity index (χ3v) is 11.6. The molecule has 2 heteroatoms. The summed E-state index contributed by atoms with van der Waals surface area (Å²) in [6, 6.07) is 75.9. The van der Waals surface area contributed by atoms with E-state index in [0.717, 1.165) is 47.0 Å². The van der Waals surface area contributed by atoms with Gasteiger partial charge in [-0.25, -0.2) is 0 Å². The van der Waals surface area contributed by atoms with Crippen LogP contribution < -0.4 is 9.80 Å². The molecular weight excluding hydrogens is 749 g/mol. The topological polar surface area (TPSA) is 6.48 Å². The Labute approximate surface area is 368 Å². The Morgan fingerprint density at radius 1 is 0.290 bits per heavy atom. The van der Waals surface area contributed by atoms with Gasteiger partial charge in [0.2, 0.25) is 0 Å². The van der Waals surface area contributed by atoms with Gasteiger partial charge in [0, 0.05) is 34.1 Å². The molecule has 2 nitrogen and oxygen atoms in total. The van der Waals surface area contributed by atoms with Crippen LogP contribution >= 0.6 is 0 Å². The predicted octanol–water partition coefficient (Wildman–Crippen LogP) is 17.4. The van der Waals surface area contributed by atoms with Crippen molar-refractivity contribution in [2.24, 2.45) is 10.8 Å². The van der Waals surface area contributed by atoms with Gasteiger partial charge in [0.25, 0.3) is 0 Å². The average Bonchev–Trinajstić information content (AvgIpc) is 3.27. The number of anilines is 6. The molecule has 0 fully saturated rings. The van der Waals surface area contributed by atoms with E-state index in [-0.39, 0.29) is 10.8 Å². The Hall–Kier alpha value is -6.90. The van der Waals surface area contributed by atoms with E-state index in [1.165, 1.54) is 54.9 Å². The molecule has 0 aliphatic rings. The third-order valence-electron chi connectivity index (χ3n) is 11.6. The van der Waals surface area contributed by atoms with Crippen molar-refractivity contribution in [1.82, 2.24) is 0 Å². The van der Waals surface area contributed by atoms with Gasteiger partial charge < -0.3 is 9.80 Å². The SMILES string of the molecule is CC(C)(C)Cc1ccc(N(c2ccccc2)c2ccc3c(-c4ccccc4)c4cc(N(c5ccccc5)c5ccc(CC(C)(C)C)cc5)ccc4c(-c4ccccc4)c3c2)cc1. The summed E-state index contributed by atoms with van der Waals surface area (Å²) in [5.41, 5.74) is 14.7. The molecule has 0 N–H and O–H groups in total. The van der Waals surface area contributed by atoms with Gasteiger partial charge in [-0.2, -0.15) is 0 Å². The van der Waals surface area contributed by atoms with Crippen LogP contribution in [-0.2, 0) is 12.8 Å². The highest BCUT2D eigenvalue weighted by atomic mass is 15.1. The number of fused-ring (bicyclic) bond motifs is 2. The normalized spacial score (nSPS) is 11.8. The van der Waals surface area contributed by atoms with E-state index in [4.69, 9.17) is 0 Å². The molecule has 0 unspecified atom stereocenters. The van der Waals surface area contributed by atoms with Gasteiger partial charge in [-0.1, -0.05) is 175 Å². The second-order valence-electron chi connectivity index (χ2n) is 19.1. The molecular formula is C60H56N2. The molecule has 62 heavy (non-hydrogen) atoms. The maximum atomic E-state index is 2.42. The number of rotatable bonds is 10. The van der Waals surface area contributed by atoms with Crippen LogP contribution in [0.3, 0.4) is 0 Å². The molecule has 0 spiro atoms. The number of hydrogen-bond acceptors (Lipinski definition) is 2. The smallest absolute Gasteiger partial charge is 0.0468 e. The summed E-state index contributed by atoms with van der Waals surface area (Å²) in [5.74, 6) is 0. The molecule has 0 aliphatic carbocycles. The fraction of sp³-hybridized carbons (Fsp3) is 0.167. The largest absolute Gasteiger partial charge is 0.310 e. The van der Waals surface area contributed by atoms with Gasteiger partial charge in [0.1, 0.15) is 0 Å². The Balaban J connectivity index is 1.29. The lowest BCUT2D eigenvalue weighted by Crippen LogP contribution is -2.12. The van der Waals surface area contributed by atoms with Crippen LogP contribution in [-0.4, -0.2) is 0 Å². The van der Waals surface area contributed by atoms with Crippen LogP contribution in [0.15, 0.2) is 206 Å². The molecule has 9 aromatic rings. The van der Waals surface area contributed by atoms with Crippen LogP contribution in [0.4, 0.5) is 34.1 Å². The zero-order valence-corrected chi connectivity index (χ0v) is 36.9. The number of hydrogen-bond donors (Lipinski definition) is 0. The van der Waals surface area contributed by atoms with Crippen molar-refractivity contribution in [3.8, 4) is 22.3 Å². The van der Waals surface area contributed by atoms with Gasteiger partial charge in [0.15, 0.2) is 0 Å². The van der Waals surface area contributed by atoms with Crippen molar-refractivity contribution >= 4 is 55.7 Å². The second-order valence-corrected chi connectivity index (χ2v) is 19.1. The van der Waals surface area contributed by atoms with Crippen molar-refractivity contribution in [3.05, 3.63) is 217 Å². The minimum atomic E-state index is 0.212. The lowest BCUT2D eigenvalue weighted by Gasteiger charge is -2.28. The van der Waals surface area contributed by atoms with Crippen molar-refractivity contribution in [2.45, 2.75) is 54.4 Å². The highest BCUT2D eigenvalue weighted by molar-refractivity contribution is 6.22. The van der Waals surface area contributed by atoms with Crippen LogP contribution in [0, 0.1) is 10.8 Å². The van der Waals surface area contributed by atoms with Crippen LogP contribution in [0.1, 0.15) is 52.7 Å². The molecule has 306 valence electrons. The summed E-state index contributed by atoms with van der Waals surface area (Å²) < 4.78 is 0. The molecule has 0 aromatic heterocycles. The molecule has 0 saturated heterocycles. The molecule has 0 heterocycles. The Bertz CT molecular complexity index is 2720.